The highest BCUT2D eigenvalue weighted by Gasteiger charge is 2.38. The first kappa shape index (κ1) is 24.2. The maximum Gasteiger partial charge on any atom is 0.248 e. The van der Waals surface area contributed by atoms with Crippen molar-refractivity contribution in [2.75, 3.05) is 32.8 Å². The Morgan fingerprint density at radius 1 is 1.24 bits per heavy atom. The predicted octanol–water partition coefficient (Wildman–Crippen LogP) is 3.21. The zero-order valence-electron chi connectivity index (χ0n) is 19.0. The Labute approximate surface area is 199 Å². The normalized spacial score (nSPS) is 21.6. The summed E-state index contributed by atoms with van der Waals surface area (Å²) in [5.41, 5.74) is 1.24. The Bertz CT molecular complexity index is 1070. The number of amides is 1. The summed E-state index contributed by atoms with van der Waals surface area (Å²) in [5, 5.41) is 7.57. The van der Waals surface area contributed by atoms with Gasteiger partial charge in [-0.25, -0.2) is 8.42 Å². The average Bonchev–Trinajstić information content (AvgIpc) is 3.17. The van der Waals surface area contributed by atoms with Gasteiger partial charge in [-0.1, -0.05) is 28.9 Å². The van der Waals surface area contributed by atoms with Crippen LogP contribution >= 0.6 is 11.6 Å². The minimum Gasteiger partial charge on any atom is -0.381 e. The monoisotopic (exact) mass is 495 g/mol. The number of sulfonamides is 1. The van der Waals surface area contributed by atoms with Gasteiger partial charge < -0.3 is 14.6 Å². The predicted molar refractivity (Wildman–Crippen MR) is 124 cm³/mol. The van der Waals surface area contributed by atoms with Gasteiger partial charge in [0.2, 0.25) is 15.9 Å². The molecule has 0 spiro atoms. The van der Waals surface area contributed by atoms with Gasteiger partial charge in [-0.15, -0.1) is 0 Å². The largest absolute Gasteiger partial charge is 0.381 e. The van der Waals surface area contributed by atoms with Crippen molar-refractivity contribution in [2.45, 2.75) is 49.8 Å². The molecule has 0 saturated carbocycles. The number of ether oxygens (including phenoxy) is 1. The molecule has 2 aromatic rings. The van der Waals surface area contributed by atoms with Crippen LogP contribution in [0.25, 0.3) is 0 Å². The second kappa shape index (κ2) is 9.74. The summed E-state index contributed by atoms with van der Waals surface area (Å²) in [5.74, 6) is -0.256. The molecule has 1 amide bonds. The number of carbonyl (C=O) groups is 1. The molecule has 1 aromatic carbocycles. The molecule has 3 heterocycles. The van der Waals surface area contributed by atoms with Crippen LogP contribution in [0.1, 0.15) is 42.7 Å². The molecule has 0 radical (unpaired) electrons. The summed E-state index contributed by atoms with van der Waals surface area (Å²) < 4.78 is 38.4. The fourth-order valence-electron chi connectivity index (χ4n) is 4.88. The number of carbonyl (C=O) groups excluding carboxylic acids is 1. The number of nitrogens with zero attached hydrogens (tertiary/aromatic N) is 2. The summed E-state index contributed by atoms with van der Waals surface area (Å²) in [6.07, 6.45) is 2.87. The molecule has 2 fully saturated rings. The Morgan fingerprint density at radius 2 is 1.94 bits per heavy atom. The van der Waals surface area contributed by atoms with E-state index in [-0.39, 0.29) is 28.5 Å². The summed E-state index contributed by atoms with van der Waals surface area (Å²) in [6.45, 7) is 5.46. The number of piperidine rings is 1. The molecule has 10 heteroatoms. The summed E-state index contributed by atoms with van der Waals surface area (Å²) in [4.78, 5) is 13.2. The van der Waals surface area contributed by atoms with Gasteiger partial charge in [0, 0.05) is 43.3 Å². The lowest BCUT2D eigenvalue weighted by molar-refractivity contribution is -0.126. The van der Waals surface area contributed by atoms with Crippen LogP contribution in [-0.2, 0) is 25.0 Å². The van der Waals surface area contributed by atoms with E-state index in [1.54, 1.807) is 13.8 Å². The topological polar surface area (TPSA) is 102 Å². The van der Waals surface area contributed by atoms with Crippen LogP contribution in [0.3, 0.4) is 0 Å². The minimum atomic E-state index is -3.77. The quantitative estimate of drug-likeness (QED) is 0.660. The summed E-state index contributed by atoms with van der Waals surface area (Å²) >= 11 is 6.07. The molecule has 180 valence electrons. The number of halogens is 1. The summed E-state index contributed by atoms with van der Waals surface area (Å²) in [6, 6.07) is 7.76. The Morgan fingerprint density at radius 3 is 2.58 bits per heavy atom. The number of hydrogen-bond acceptors (Lipinski definition) is 6. The number of aromatic nitrogens is 1. The number of aryl methyl sites for hydroxylation is 2. The molecule has 1 unspecified atom stereocenters. The van der Waals surface area contributed by atoms with E-state index in [2.05, 4.69) is 10.5 Å². The maximum atomic E-state index is 13.2. The molecule has 1 aromatic heterocycles. The number of hydrogen-bond donors (Lipinski definition) is 1. The zero-order chi connectivity index (χ0) is 23.6. The van der Waals surface area contributed by atoms with Crippen LogP contribution in [0.2, 0.25) is 5.02 Å². The van der Waals surface area contributed by atoms with Crippen molar-refractivity contribution in [3.05, 3.63) is 46.3 Å². The highest BCUT2D eigenvalue weighted by molar-refractivity contribution is 7.89. The van der Waals surface area contributed by atoms with Crippen LogP contribution in [0.15, 0.2) is 33.7 Å². The van der Waals surface area contributed by atoms with Crippen molar-refractivity contribution in [1.82, 2.24) is 14.8 Å². The van der Waals surface area contributed by atoms with Crippen LogP contribution in [0.4, 0.5) is 0 Å². The highest BCUT2D eigenvalue weighted by Crippen LogP contribution is 2.35. The first-order valence-electron chi connectivity index (χ1n) is 11.3. The molecule has 1 N–H and O–H groups in total. The van der Waals surface area contributed by atoms with E-state index in [9.17, 15) is 13.2 Å². The van der Waals surface area contributed by atoms with Crippen molar-refractivity contribution in [3.63, 3.8) is 0 Å². The second-order valence-corrected chi connectivity index (χ2v) is 11.3. The minimum absolute atomic E-state index is 0.104. The molecular formula is C23H30ClN3O5S. The van der Waals surface area contributed by atoms with Gasteiger partial charge in [-0.2, -0.15) is 4.31 Å². The molecule has 1 atom stereocenters. The van der Waals surface area contributed by atoms with Crippen LogP contribution in [0.5, 0.6) is 0 Å². The molecular weight excluding hydrogens is 466 g/mol. The molecule has 0 bridgehead atoms. The van der Waals surface area contributed by atoms with Gasteiger partial charge in [-0.3, -0.25) is 4.79 Å². The lowest BCUT2D eigenvalue weighted by Gasteiger charge is -2.39. The van der Waals surface area contributed by atoms with E-state index < -0.39 is 15.9 Å². The molecule has 2 saturated heterocycles. The third-order valence-electron chi connectivity index (χ3n) is 6.83. The van der Waals surface area contributed by atoms with E-state index in [1.807, 2.05) is 24.3 Å². The SMILES string of the molecule is Cc1noc(C)c1S(=O)(=O)N1CCCC(C(=O)NCC2(c3ccc(Cl)cc3)CCOCC2)C1. The van der Waals surface area contributed by atoms with Gasteiger partial charge >= 0.3 is 0 Å². The number of benzene rings is 1. The molecule has 4 rings (SSSR count). The molecule has 2 aliphatic rings. The van der Waals surface area contributed by atoms with E-state index in [0.29, 0.717) is 49.9 Å². The molecule has 2 aliphatic heterocycles. The fourth-order valence-corrected chi connectivity index (χ4v) is 6.82. The Hall–Kier alpha value is -1.94. The molecule has 33 heavy (non-hydrogen) atoms. The van der Waals surface area contributed by atoms with Crippen molar-refractivity contribution in [2.24, 2.45) is 5.92 Å². The van der Waals surface area contributed by atoms with Crippen LogP contribution < -0.4 is 5.32 Å². The standard InChI is InChI=1S/C23H30ClN3O5S/c1-16-21(17(2)32-26-16)33(29,30)27-11-3-4-18(14-27)22(28)25-15-23(9-12-31-13-10-23)19-5-7-20(24)8-6-19/h5-8,18H,3-4,9-15H2,1-2H3,(H,25,28). The third-order valence-corrected chi connectivity index (χ3v) is 9.19. The van der Waals surface area contributed by atoms with Gasteiger partial charge in [-0.05, 0) is 57.2 Å². The van der Waals surface area contributed by atoms with Crippen molar-refractivity contribution in [3.8, 4) is 0 Å². The molecule has 0 aliphatic carbocycles. The lowest BCUT2D eigenvalue weighted by atomic mass is 9.74. The zero-order valence-corrected chi connectivity index (χ0v) is 20.5. The lowest BCUT2D eigenvalue weighted by Crippen LogP contribution is -2.49. The van der Waals surface area contributed by atoms with Crippen molar-refractivity contribution < 1.29 is 22.5 Å². The Kier molecular flexibility index (Phi) is 7.14. The number of rotatable bonds is 6. The average molecular weight is 496 g/mol. The van der Waals surface area contributed by atoms with Gasteiger partial charge in [0.15, 0.2) is 5.76 Å². The Balaban J connectivity index is 1.46. The van der Waals surface area contributed by atoms with E-state index >= 15 is 0 Å². The number of nitrogens with one attached hydrogen (secondary N) is 1. The van der Waals surface area contributed by atoms with Gasteiger partial charge in [0.25, 0.3) is 0 Å². The van der Waals surface area contributed by atoms with E-state index in [0.717, 1.165) is 18.4 Å². The van der Waals surface area contributed by atoms with Gasteiger partial charge in [0.1, 0.15) is 10.6 Å². The third kappa shape index (κ3) is 4.96. The maximum absolute atomic E-state index is 13.2. The summed E-state index contributed by atoms with van der Waals surface area (Å²) in [7, 11) is -3.77. The van der Waals surface area contributed by atoms with Crippen molar-refractivity contribution >= 4 is 27.5 Å². The second-order valence-electron chi connectivity index (χ2n) is 8.97. The van der Waals surface area contributed by atoms with E-state index in [4.69, 9.17) is 20.9 Å². The van der Waals surface area contributed by atoms with Gasteiger partial charge in [0.05, 0.1) is 5.92 Å². The fraction of sp³-hybridized carbons (Fsp3) is 0.565. The first-order chi connectivity index (χ1) is 15.7. The molecule has 8 nitrogen and oxygen atoms in total. The van der Waals surface area contributed by atoms with Crippen molar-refractivity contribution in [1.29, 1.82) is 0 Å². The smallest absolute Gasteiger partial charge is 0.248 e. The van der Waals surface area contributed by atoms with Crippen LogP contribution in [-0.4, -0.2) is 56.6 Å². The van der Waals surface area contributed by atoms with E-state index in [1.165, 1.54) is 4.31 Å². The first-order valence-corrected chi connectivity index (χ1v) is 13.1. The highest BCUT2D eigenvalue weighted by atomic mass is 35.5. The van der Waals surface area contributed by atoms with Crippen LogP contribution in [0, 0.1) is 19.8 Å².